The van der Waals surface area contributed by atoms with Gasteiger partial charge < -0.3 is 19.1 Å². The third-order valence-corrected chi connectivity index (χ3v) is 11.1. The fraction of sp³-hybridized carbons (Fsp3) is 0.0182. The Morgan fingerprint density at radius 3 is 1.85 bits per heavy atom. The summed E-state index contributed by atoms with van der Waals surface area (Å²) in [6.07, 6.45) is 1.92. The zero-order valence-corrected chi connectivity index (χ0v) is 35.2. The van der Waals surface area contributed by atoms with E-state index >= 15 is 0 Å². The molecular formula is C55H37N4OPt-3. The van der Waals surface area contributed by atoms with E-state index in [2.05, 4.69) is 107 Å². The third-order valence-electron chi connectivity index (χ3n) is 11.1. The first-order valence-corrected chi connectivity index (χ1v) is 19.9. The molecule has 0 saturated heterocycles. The van der Waals surface area contributed by atoms with Gasteiger partial charge in [-0.15, -0.1) is 48.0 Å². The Morgan fingerprint density at radius 2 is 1.18 bits per heavy atom. The smallest absolute Gasteiger partial charge is 0.135 e. The molecule has 0 radical (unpaired) electrons. The van der Waals surface area contributed by atoms with Gasteiger partial charge >= 0.3 is 0 Å². The van der Waals surface area contributed by atoms with E-state index in [4.69, 9.17) is 12.5 Å². The minimum atomic E-state index is -0.272. The summed E-state index contributed by atoms with van der Waals surface area (Å²) >= 11 is 0. The van der Waals surface area contributed by atoms with Crippen molar-refractivity contribution in [3.05, 3.63) is 225 Å². The molecule has 0 atom stereocenters. The van der Waals surface area contributed by atoms with Crippen LogP contribution in [0.15, 0.2) is 200 Å². The summed E-state index contributed by atoms with van der Waals surface area (Å²) in [7, 11) is 0. The Hall–Kier alpha value is -7.20. The van der Waals surface area contributed by atoms with Crippen LogP contribution in [0.25, 0.3) is 61.0 Å². The average molecular weight is 968 g/mol. The molecule has 3 heterocycles. The maximum atomic E-state index is 9.23. The molecule has 296 valence electrons. The number of benzene rings is 8. The first-order valence-electron chi connectivity index (χ1n) is 21.4. The van der Waals surface area contributed by atoms with Gasteiger partial charge in [-0.25, -0.2) is 4.98 Å². The fourth-order valence-electron chi connectivity index (χ4n) is 8.33. The molecule has 2 aromatic heterocycles. The normalized spacial score (nSPS) is 12.8. The third kappa shape index (κ3) is 6.87. The van der Waals surface area contributed by atoms with Crippen molar-refractivity contribution in [3.63, 3.8) is 0 Å². The molecule has 0 bridgehead atoms. The van der Waals surface area contributed by atoms with Crippen LogP contribution < -0.4 is 14.5 Å². The summed E-state index contributed by atoms with van der Waals surface area (Å²) in [5.74, 6) is 1.10. The van der Waals surface area contributed by atoms with Crippen molar-refractivity contribution >= 4 is 44.6 Å². The Bertz CT molecular complexity index is 3300. The SMILES string of the molecule is [2H]c1c(Oc2[c-]c3c(cc2)c2ccccc2n3-c2cc(C)c(-c3ccccc3)cn2)[c-]c(N2[CH-]N(c3c(-c4ccccc4)cccc3-c3ccccc3)c3ccccc32)c([2H])c1[2H].[Pt]. The Kier molecular flexibility index (Phi) is 9.14. The van der Waals surface area contributed by atoms with Gasteiger partial charge in [-0.05, 0) is 61.6 Å². The summed E-state index contributed by atoms with van der Waals surface area (Å²) in [5.41, 5.74) is 12.1. The zero-order valence-electron chi connectivity index (χ0n) is 35.9. The minimum absolute atomic E-state index is 0. The van der Waals surface area contributed by atoms with Crippen molar-refractivity contribution in [2.45, 2.75) is 6.92 Å². The van der Waals surface area contributed by atoms with Crippen molar-refractivity contribution < 1.29 is 29.9 Å². The number of para-hydroxylation sites is 4. The molecule has 1 aliphatic heterocycles. The second-order valence-electron chi connectivity index (χ2n) is 14.7. The van der Waals surface area contributed by atoms with Crippen molar-refractivity contribution in [1.29, 1.82) is 0 Å². The van der Waals surface area contributed by atoms with Crippen LogP contribution in [0, 0.1) is 25.7 Å². The number of anilines is 4. The number of hydrogen-bond acceptors (Lipinski definition) is 4. The van der Waals surface area contributed by atoms with Gasteiger partial charge in [0.1, 0.15) is 5.82 Å². The molecule has 1 aliphatic rings. The predicted octanol–water partition coefficient (Wildman–Crippen LogP) is 14.3. The predicted molar refractivity (Wildman–Crippen MR) is 245 cm³/mol. The van der Waals surface area contributed by atoms with E-state index in [1.807, 2.05) is 115 Å². The van der Waals surface area contributed by atoms with Crippen molar-refractivity contribution in [3.8, 4) is 50.7 Å². The second-order valence-corrected chi connectivity index (χ2v) is 14.7. The first-order chi connectivity index (χ1) is 30.9. The molecule has 5 nitrogen and oxygen atoms in total. The standard InChI is InChI=1S/C55H37N4O.Pt/c1-38-33-54(56-36-49(38)41-21-9-4-10-22-41)59-50-28-12-11-25-47(50)48-32-31-44(35-53(48)59)60-43-24-15-23-42(34-43)57-37-58(52-30-14-13-29-51(52)57)55-45(39-17-5-2-6-18-39)26-16-27-46(55)40-19-7-3-8-20-40;/h2-33,36-37H,1H3;/q-3;/i15D,23D,24D;. The number of ether oxygens (including phenoxy) is 1. The molecule has 10 aromatic rings. The number of nitrogens with zero attached hydrogens (tertiary/aromatic N) is 4. The fourth-order valence-corrected chi connectivity index (χ4v) is 8.33. The Morgan fingerprint density at radius 1 is 0.574 bits per heavy atom. The summed E-state index contributed by atoms with van der Waals surface area (Å²) in [5, 5.41) is 2.01. The molecule has 61 heavy (non-hydrogen) atoms. The first kappa shape index (κ1) is 34.6. The molecule has 0 N–H and O–H groups in total. The van der Waals surface area contributed by atoms with Crippen LogP contribution in [0.4, 0.5) is 22.7 Å². The van der Waals surface area contributed by atoms with Crippen LogP contribution in [0.3, 0.4) is 0 Å². The molecule has 6 heteroatoms. The second kappa shape index (κ2) is 16.1. The molecule has 0 saturated carbocycles. The molecule has 0 unspecified atom stereocenters. The molecule has 0 aliphatic carbocycles. The van der Waals surface area contributed by atoms with Crippen molar-refractivity contribution in [2.75, 3.05) is 9.80 Å². The summed E-state index contributed by atoms with van der Waals surface area (Å²) in [6.45, 7) is 4.04. The molecule has 8 aromatic carbocycles. The van der Waals surface area contributed by atoms with E-state index < -0.39 is 0 Å². The largest absolute Gasteiger partial charge is 0.509 e. The Balaban J connectivity index is 0.00000484. The number of rotatable bonds is 8. The minimum Gasteiger partial charge on any atom is -0.509 e. The topological polar surface area (TPSA) is 33.5 Å². The summed E-state index contributed by atoms with van der Waals surface area (Å²) < 4.78 is 35.9. The van der Waals surface area contributed by atoms with Crippen LogP contribution >= 0.6 is 0 Å². The van der Waals surface area contributed by atoms with Gasteiger partial charge in [-0.2, -0.15) is 12.1 Å². The van der Waals surface area contributed by atoms with E-state index in [1.54, 1.807) is 0 Å². The van der Waals surface area contributed by atoms with Gasteiger partial charge in [0.2, 0.25) is 0 Å². The molecule has 0 amide bonds. The van der Waals surface area contributed by atoms with Gasteiger partial charge in [-0.1, -0.05) is 145 Å². The monoisotopic (exact) mass is 967 g/mol. The van der Waals surface area contributed by atoms with Gasteiger partial charge in [0, 0.05) is 79.4 Å². The number of fused-ring (bicyclic) bond motifs is 4. The van der Waals surface area contributed by atoms with Crippen LogP contribution in [-0.4, -0.2) is 9.55 Å². The maximum Gasteiger partial charge on any atom is 0.135 e. The zero-order chi connectivity index (χ0) is 42.6. The summed E-state index contributed by atoms with van der Waals surface area (Å²) in [6, 6.07) is 65.4. The number of aromatic nitrogens is 2. The van der Waals surface area contributed by atoms with E-state index in [0.717, 1.165) is 83.6 Å². The van der Waals surface area contributed by atoms with Gasteiger partial charge in [-0.3, -0.25) is 0 Å². The maximum absolute atomic E-state index is 9.23. The quantitative estimate of drug-likeness (QED) is 0.142. The van der Waals surface area contributed by atoms with E-state index in [1.165, 1.54) is 0 Å². The Labute approximate surface area is 374 Å². The van der Waals surface area contributed by atoms with Gasteiger partial charge in [0.25, 0.3) is 0 Å². The molecule has 0 spiro atoms. The van der Waals surface area contributed by atoms with Crippen LogP contribution in [-0.2, 0) is 21.1 Å². The van der Waals surface area contributed by atoms with Crippen molar-refractivity contribution in [1.82, 2.24) is 9.55 Å². The average Bonchev–Trinajstić information content (AvgIpc) is 3.88. The molecule has 0 fully saturated rings. The van der Waals surface area contributed by atoms with Crippen molar-refractivity contribution in [2.24, 2.45) is 0 Å². The van der Waals surface area contributed by atoms with Gasteiger partial charge in [0.05, 0.1) is 0 Å². The molecular weight excluding hydrogens is 928 g/mol. The van der Waals surface area contributed by atoms with Crippen LogP contribution in [0.1, 0.15) is 9.68 Å². The van der Waals surface area contributed by atoms with E-state index in [-0.39, 0.29) is 50.6 Å². The number of pyridine rings is 1. The molecule has 11 rings (SSSR count). The van der Waals surface area contributed by atoms with E-state index in [0.29, 0.717) is 5.75 Å². The summed E-state index contributed by atoms with van der Waals surface area (Å²) in [4.78, 5) is 8.98. The van der Waals surface area contributed by atoms with Crippen LogP contribution in [0.5, 0.6) is 11.5 Å². The number of hydrogen-bond donors (Lipinski definition) is 0. The number of aryl methyl sites for hydroxylation is 1. The van der Waals surface area contributed by atoms with Gasteiger partial charge in [0.15, 0.2) is 0 Å². The van der Waals surface area contributed by atoms with Crippen LogP contribution in [0.2, 0.25) is 0 Å². The van der Waals surface area contributed by atoms with E-state index in [9.17, 15) is 1.37 Å².